The molecule has 7 heteroatoms. The highest BCUT2D eigenvalue weighted by Gasteiger charge is 2.30. The molecule has 0 aliphatic carbocycles. The molecule has 158 valence electrons. The highest BCUT2D eigenvalue weighted by atomic mass is 35.5. The van der Waals surface area contributed by atoms with Crippen LogP contribution in [0.4, 0.5) is 0 Å². The predicted molar refractivity (Wildman–Crippen MR) is 117 cm³/mol. The number of hydrogen-bond acceptors (Lipinski definition) is 6. The van der Waals surface area contributed by atoms with Gasteiger partial charge in [-0.15, -0.1) is 0 Å². The van der Waals surface area contributed by atoms with Gasteiger partial charge < -0.3 is 9.15 Å². The van der Waals surface area contributed by atoms with E-state index in [4.69, 9.17) is 20.8 Å². The molecule has 1 aliphatic rings. The zero-order valence-corrected chi connectivity index (χ0v) is 18.6. The van der Waals surface area contributed by atoms with Crippen molar-refractivity contribution in [2.75, 3.05) is 13.6 Å². The molecule has 0 saturated carbocycles. The Kier molecular flexibility index (Phi) is 5.80. The molecule has 3 heterocycles. The molecule has 30 heavy (non-hydrogen) atoms. The minimum Gasteiger partial charge on any atom is -0.473 e. The summed E-state index contributed by atoms with van der Waals surface area (Å²) in [6.45, 7) is 7.35. The van der Waals surface area contributed by atoms with Gasteiger partial charge in [-0.05, 0) is 52.8 Å². The Labute approximate surface area is 182 Å². The lowest BCUT2D eigenvalue weighted by atomic mass is 9.83. The summed E-state index contributed by atoms with van der Waals surface area (Å²) in [4.78, 5) is 15.6. The van der Waals surface area contributed by atoms with Crippen molar-refractivity contribution in [3.63, 3.8) is 0 Å². The van der Waals surface area contributed by atoms with Crippen molar-refractivity contribution in [1.29, 1.82) is 0 Å². The van der Waals surface area contributed by atoms with Gasteiger partial charge in [-0.1, -0.05) is 41.9 Å². The number of likely N-dealkylation sites (N-methyl/N-ethyl adjacent to an activating group) is 1. The van der Waals surface area contributed by atoms with Crippen LogP contribution in [0.1, 0.15) is 44.9 Å². The van der Waals surface area contributed by atoms with Gasteiger partial charge in [0, 0.05) is 17.5 Å². The van der Waals surface area contributed by atoms with Crippen molar-refractivity contribution in [1.82, 2.24) is 19.9 Å². The van der Waals surface area contributed by atoms with Crippen LogP contribution in [-0.2, 0) is 5.41 Å². The minimum atomic E-state index is -0.341. The van der Waals surface area contributed by atoms with Gasteiger partial charge in [0.05, 0.1) is 6.20 Å². The summed E-state index contributed by atoms with van der Waals surface area (Å²) in [5, 5.41) is 0.295. The molecule has 2 aromatic heterocycles. The Morgan fingerprint density at radius 2 is 2.00 bits per heavy atom. The summed E-state index contributed by atoms with van der Waals surface area (Å²) < 4.78 is 12.2. The number of rotatable bonds is 6. The van der Waals surface area contributed by atoms with Gasteiger partial charge >= 0.3 is 0 Å². The van der Waals surface area contributed by atoms with Gasteiger partial charge in [-0.25, -0.2) is 9.97 Å². The van der Waals surface area contributed by atoms with E-state index < -0.39 is 0 Å². The fraction of sp³-hybridized carbons (Fsp3) is 0.435. The Morgan fingerprint density at radius 1 is 1.23 bits per heavy atom. The summed E-state index contributed by atoms with van der Waals surface area (Å²) in [5.74, 6) is 1.81. The first-order valence-electron chi connectivity index (χ1n) is 10.3. The monoisotopic (exact) mass is 426 g/mol. The molecule has 0 radical (unpaired) electrons. The smallest absolute Gasteiger partial charge is 0.265 e. The zero-order chi connectivity index (χ0) is 21.3. The van der Waals surface area contributed by atoms with Crippen molar-refractivity contribution >= 4 is 11.6 Å². The Morgan fingerprint density at radius 3 is 2.70 bits per heavy atom. The van der Waals surface area contributed by atoms with E-state index in [2.05, 4.69) is 59.8 Å². The van der Waals surface area contributed by atoms with E-state index in [1.165, 1.54) is 6.42 Å². The van der Waals surface area contributed by atoms with Crippen LogP contribution in [-0.4, -0.2) is 45.6 Å². The second-order valence-corrected chi connectivity index (χ2v) is 8.77. The maximum atomic E-state index is 6.25. The van der Waals surface area contributed by atoms with Crippen LogP contribution in [0, 0.1) is 0 Å². The average Bonchev–Trinajstić information content (AvgIpc) is 3.38. The number of ether oxygens (including phenoxy) is 1. The standard InChI is InChI=1S/C23H27ClN4O2/c1-15(17-11-8-12-28(17)4)29-20-13-19(24)26-21(27-20)22-25-14-18(30-22)23(2,3)16-9-6-5-7-10-16/h5-7,9-10,13-15,17H,8,11-12H2,1-4H3/t15?,17-/m0/s1. The Bertz CT molecular complexity index is 1010. The van der Waals surface area contributed by atoms with Gasteiger partial charge in [-0.3, -0.25) is 4.90 Å². The molecule has 1 unspecified atom stereocenters. The SMILES string of the molecule is CC(Oc1cc(Cl)nc(-c2ncc(C(C)(C)c3ccccc3)o2)n1)[C@@H]1CCCN1C. The molecule has 2 atom stereocenters. The summed E-state index contributed by atoms with van der Waals surface area (Å²) in [5.41, 5.74) is 0.796. The van der Waals surface area contributed by atoms with Crippen LogP contribution in [0.5, 0.6) is 5.88 Å². The first kappa shape index (κ1) is 20.8. The van der Waals surface area contributed by atoms with Crippen molar-refractivity contribution in [2.24, 2.45) is 0 Å². The normalized spacial score (nSPS) is 18.5. The summed E-state index contributed by atoms with van der Waals surface area (Å²) >= 11 is 6.25. The largest absolute Gasteiger partial charge is 0.473 e. The number of aromatic nitrogens is 3. The topological polar surface area (TPSA) is 64.3 Å². The van der Waals surface area contributed by atoms with Gasteiger partial charge in [0.15, 0.2) is 0 Å². The van der Waals surface area contributed by atoms with Crippen LogP contribution < -0.4 is 4.74 Å². The maximum absolute atomic E-state index is 6.25. The van der Waals surface area contributed by atoms with Gasteiger partial charge in [0.25, 0.3) is 5.89 Å². The second kappa shape index (κ2) is 8.36. The highest BCUT2D eigenvalue weighted by Crippen LogP contribution is 2.33. The van der Waals surface area contributed by atoms with E-state index >= 15 is 0 Å². The average molecular weight is 427 g/mol. The molecule has 0 spiro atoms. The molecule has 0 amide bonds. The van der Waals surface area contributed by atoms with Crippen LogP contribution in [0.25, 0.3) is 11.7 Å². The van der Waals surface area contributed by atoms with Crippen LogP contribution in [0.2, 0.25) is 5.15 Å². The summed E-state index contributed by atoms with van der Waals surface area (Å²) in [6, 6.07) is 12.2. The van der Waals surface area contributed by atoms with Gasteiger partial charge in [0.1, 0.15) is 17.0 Å². The quantitative estimate of drug-likeness (QED) is 0.518. The third kappa shape index (κ3) is 4.20. The van der Waals surface area contributed by atoms with E-state index in [0.717, 1.165) is 24.3 Å². The number of likely N-dealkylation sites (tertiary alicyclic amines) is 1. The minimum absolute atomic E-state index is 0.00606. The van der Waals surface area contributed by atoms with Crippen LogP contribution in [0.3, 0.4) is 0 Å². The lowest BCUT2D eigenvalue weighted by Crippen LogP contribution is -2.38. The summed E-state index contributed by atoms with van der Waals surface area (Å²) in [6.07, 6.45) is 4.01. The van der Waals surface area contributed by atoms with E-state index in [9.17, 15) is 0 Å². The van der Waals surface area contributed by atoms with Gasteiger partial charge in [-0.2, -0.15) is 4.98 Å². The highest BCUT2D eigenvalue weighted by molar-refractivity contribution is 6.29. The molecule has 1 fully saturated rings. The number of halogens is 1. The molecule has 1 saturated heterocycles. The van der Waals surface area contributed by atoms with E-state index in [0.29, 0.717) is 28.8 Å². The van der Waals surface area contributed by atoms with Crippen molar-refractivity contribution < 1.29 is 9.15 Å². The Hall–Kier alpha value is -2.44. The zero-order valence-electron chi connectivity index (χ0n) is 17.8. The third-order valence-electron chi connectivity index (χ3n) is 5.91. The molecule has 6 nitrogen and oxygen atoms in total. The van der Waals surface area contributed by atoms with E-state index in [-0.39, 0.29) is 11.5 Å². The Balaban J connectivity index is 1.58. The fourth-order valence-corrected chi connectivity index (χ4v) is 4.19. The molecule has 1 aromatic carbocycles. The maximum Gasteiger partial charge on any atom is 0.265 e. The number of benzene rings is 1. The molecule has 4 rings (SSSR count). The van der Waals surface area contributed by atoms with E-state index in [1.54, 1.807) is 12.3 Å². The molecular weight excluding hydrogens is 400 g/mol. The molecule has 0 N–H and O–H groups in total. The lowest BCUT2D eigenvalue weighted by Gasteiger charge is -2.26. The first-order chi connectivity index (χ1) is 14.3. The van der Waals surface area contributed by atoms with Crippen molar-refractivity contribution in [2.45, 2.75) is 51.2 Å². The molecular formula is C23H27ClN4O2. The van der Waals surface area contributed by atoms with Gasteiger partial charge in [0.2, 0.25) is 11.7 Å². The second-order valence-electron chi connectivity index (χ2n) is 8.39. The predicted octanol–water partition coefficient (Wildman–Crippen LogP) is 4.97. The third-order valence-corrected chi connectivity index (χ3v) is 6.10. The molecule has 3 aromatic rings. The van der Waals surface area contributed by atoms with Crippen molar-refractivity contribution in [3.8, 4) is 17.6 Å². The summed E-state index contributed by atoms with van der Waals surface area (Å²) in [7, 11) is 2.12. The molecule has 1 aliphatic heterocycles. The fourth-order valence-electron chi connectivity index (χ4n) is 4.01. The van der Waals surface area contributed by atoms with Crippen LogP contribution in [0.15, 0.2) is 47.0 Å². The first-order valence-corrected chi connectivity index (χ1v) is 10.7. The van der Waals surface area contributed by atoms with E-state index in [1.807, 2.05) is 18.2 Å². The number of nitrogens with zero attached hydrogens (tertiary/aromatic N) is 4. The van der Waals surface area contributed by atoms with Crippen LogP contribution >= 0.6 is 11.6 Å². The van der Waals surface area contributed by atoms with Crippen molar-refractivity contribution in [3.05, 3.63) is 59.1 Å². The lowest BCUT2D eigenvalue weighted by molar-refractivity contribution is 0.117. The number of hydrogen-bond donors (Lipinski definition) is 0. The molecule has 0 bridgehead atoms. The number of oxazole rings is 1.